The van der Waals surface area contributed by atoms with Crippen molar-refractivity contribution in [3.8, 4) is 0 Å². The van der Waals surface area contributed by atoms with E-state index < -0.39 is 0 Å². The molecule has 0 spiro atoms. The fourth-order valence-electron chi connectivity index (χ4n) is 3.44. The Morgan fingerprint density at radius 1 is 0.800 bits per heavy atom. The summed E-state index contributed by atoms with van der Waals surface area (Å²) in [5.41, 5.74) is 0. The van der Waals surface area contributed by atoms with Crippen LogP contribution in [0.1, 0.15) is 58.3 Å². The summed E-state index contributed by atoms with van der Waals surface area (Å²) in [6.45, 7) is 2.38. The van der Waals surface area contributed by atoms with Crippen molar-refractivity contribution in [2.75, 3.05) is 0 Å². The molecule has 2 nitrogen and oxygen atoms in total. The van der Waals surface area contributed by atoms with Crippen molar-refractivity contribution in [2.45, 2.75) is 64.3 Å². The first kappa shape index (κ1) is 11.1. The molecule has 15 heavy (non-hydrogen) atoms. The summed E-state index contributed by atoms with van der Waals surface area (Å²) in [6, 6.07) is 0.142. The average Bonchev–Trinajstić information content (AvgIpc) is 2.30. The van der Waals surface area contributed by atoms with Crippen molar-refractivity contribution < 1.29 is 0 Å². The van der Waals surface area contributed by atoms with Crippen LogP contribution in [0.2, 0.25) is 0 Å². The van der Waals surface area contributed by atoms with Crippen LogP contribution < -0.4 is 0 Å². The highest BCUT2D eigenvalue weighted by Crippen LogP contribution is 2.40. The zero-order valence-corrected chi connectivity index (χ0v) is 9.82. The second-order valence-electron chi connectivity index (χ2n) is 5.69. The fraction of sp³-hybridized carbons (Fsp3) is 1.00. The summed E-state index contributed by atoms with van der Waals surface area (Å²) in [5, 5.41) is 3.19. The normalized spacial score (nSPS) is 42.5. The van der Waals surface area contributed by atoms with E-state index in [2.05, 4.69) is 12.1 Å². The predicted octanol–water partition coefficient (Wildman–Crippen LogP) is 4.14. The molecule has 0 aromatic carbocycles. The second kappa shape index (κ2) is 5.09. The van der Waals surface area contributed by atoms with E-state index in [0.717, 1.165) is 30.6 Å². The minimum atomic E-state index is 0.142. The first-order valence-electron chi connectivity index (χ1n) is 6.62. The molecule has 0 saturated heterocycles. The number of rotatable bonds is 2. The van der Waals surface area contributed by atoms with E-state index in [1.807, 2.05) is 0 Å². The van der Waals surface area contributed by atoms with Crippen LogP contribution in [0.5, 0.6) is 0 Å². The van der Waals surface area contributed by atoms with Gasteiger partial charge in [0.25, 0.3) is 0 Å². The van der Waals surface area contributed by atoms with Crippen LogP contribution in [-0.2, 0) is 0 Å². The van der Waals surface area contributed by atoms with Gasteiger partial charge in [-0.05, 0) is 56.3 Å². The predicted molar refractivity (Wildman–Crippen MR) is 62.7 cm³/mol. The Kier molecular flexibility index (Phi) is 3.76. The van der Waals surface area contributed by atoms with Gasteiger partial charge in [0.1, 0.15) is 0 Å². The van der Waals surface area contributed by atoms with E-state index in [4.69, 9.17) is 0 Å². The van der Waals surface area contributed by atoms with Gasteiger partial charge in [0.2, 0.25) is 0 Å². The Morgan fingerprint density at radius 3 is 1.73 bits per heavy atom. The lowest BCUT2D eigenvalue weighted by atomic mass is 9.71. The molecule has 2 aliphatic rings. The molecule has 0 atom stereocenters. The standard InChI is InChI=1S/C13H23NO/c1-10-2-4-11(5-3-10)12-6-8-13(14-15)9-7-12/h10-13H,2-9H2,1H3. The highest BCUT2D eigenvalue weighted by molar-refractivity contribution is 4.83. The maximum Gasteiger partial charge on any atom is 0.0920 e. The molecule has 0 amide bonds. The summed E-state index contributed by atoms with van der Waals surface area (Å²) in [7, 11) is 0. The molecule has 2 heteroatoms. The van der Waals surface area contributed by atoms with Crippen LogP contribution in [0, 0.1) is 22.7 Å². The maximum absolute atomic E-state index is 10.4. The van der Waals surface area contributed by atoms with E-state index in [1.165, 1.54) is 38.5 Å². The Hall–Kier alpha value is -0.400. The van der Waals surface area contributed by atoms with Crippen LogP contribution in [0.25, 0.3) is 0 Å². The molecule has 0 aromatic heterocycles. The summed E-state index contributed by atoms with van der Waals surface area (Å²) in [5.74, 6) is 2.83. The van der Waals surface area contributed by atoms with Crippen LogP contribution in [0.4, 0.5) is 0 Å². The minimum Gasteiger partial charge on any atom is -0.151 e. The summed E-state index contributed by atoms with van der Waals surface area (Å²) in [4.78, 5) is 10.4. The molecule has 0 radical (unpaired) electrons. The van der Waals surface area contributed by atoms with E-state index in [1.54, 1.807) is 0 Å². The van der Waals surface area contributed by atoms with Crippen LogP contribution in [0.3, 0.4) is 0 Å². The molecule has 86 valence electrons. The number of hydrogen-bond acceptors (Lipinski definition) is 2. The van der Waals surface area contributed by atoms with Crippen molar-refractivity contribution in [1.82, 2.24) is 0 Å². The molecule has 0 N–H and O–H groups in total. The zero-order valence-electron chi connectivity index (χ0n) is 9.82. The smallest absolute Gasteiger partial charge is 0.0920 e. The van der Waals surface area contributed by atoms with Gasteiger partial charge in [-0.1, -0.05) is 24.9 Å². The molecule has 0 aliphatic heterocycles. The molecule has 2 rings (SSSR count). The van der Waals surface area contributed by atoms with Crippen molar-refractivity contribution in [2.24, 2.45) is 22.9 Å². The summed E-state index contributed by atoms with van der Waals surface area (Å²) < 4.78 is 0. The van der Waals surface area contributed by atoms with E-state index in [-0.39, 0.29) is 6.04 Å². The zero-order chi connectivity index (χ0) is 10.7. The number of nitrogens with zero attached hydrogens (tertiary/aromatic N) is 1. The van der Waals surface area contributed by atoms with Gasteiger partial charge in [-0.2, -0.15) is 4.91 Å². The molecule has 0 unspecified atom stereocenters. The molecule has 2 aliphatic carbocycles. The van der Waals surface area contributed by atoms with Gasteiger partial charge in [0.05, 0.1) is 6.04 Å². The lowest BCUT2D eigenvalue weighted by Crippen LogP contribution is -2.26. The fourth-order valence-corrected chi connectivity index (χ4v) is 3.44. The van der Waals surface area contributed by atoms with Gasteiger partial charge in [0.15, 0.2) is 0 Å². The third-order valence-electron chi connectivity index (χ3n) is 4.62. The molecule has 2 fully saturated rings. The van der Waals surface area contributed by atoms with Gasteiger partial charge in [0, 0.05) is 0 Å². The summed E-state index contributed by atoms with van der Waals surface area (Å²) >= 11 is 0. The second-order valence-corrected chi connectivity index (χ2v) is 5.69. The van der Waals surface area contributed by atoms with Gasteiger partial charge in [-0.25, -0.2) is 0 Å². The highest BCUT2D eigenvalue weighted by atomic mass is 16.3. The minimum absolute atomic E-state index is 0.142. The Balaban J connectivity index is 1.78. The largest absolute Gasteiger partial charge is 0.151 e. The molecular formula is C13H23NO. The number of hydrogen-bond donors (Lipinski definition) is 0. The Bertz CT molecular complexity index is 201. The van der Waals surface area contributed by atoms with Crippen molar-refractivity contribution in [1.29, 1.82) is 0 Å². The van der Waals surface area contributed by atoms with Gasteiger partial charge in [-0.15, -0.1) is 0 Å². The highest BCUT2D eigenvalue weighted by Gasteiger charge is 2.30. The maximum atomic E-state index is 10.4. The van der Waals surface area contributed by atoms with Crippen LogP contribution in [-0.4, -0.2) is 6.04 Å². The van der Waals surface area contributed by atoms with Gasteiger partial charge in [-0.3, -0.25) is 0 Å². The van der Waals surface area contributed by atoms with Gasteiger partial charge >= 0.3 is 0 Å². The first-order chi connectivity index (χ1) is 7.29. The van der Waals surface area contributed by atoms with Crippen LogP contribution in [0.15, 0.2) is 5.18 Å². The average molecular weight is 209 g/mol. The third-order valence-corrected chi connectivity index (χ3v) is 4.62. The third kappa shape index (κ3) is 2.79. The molecule has 0 bridgehead atoms. The van der Waals surface area contributed by atoms with E-state index in [0.29, 0.717) is 0 Å². The van der Waals surface area contributed by atoms with Gasteiger partial charge < -0.3 is 0 Å². The van der Waals surface area contributed by atoms with Crippen molar-refractivity contribution >= 4 is 0 Å². The molecule has 0 heterocycles. The van der Waals surface area contributed by atoms with Crippen molar-refractivity contribution in [3.05, 3.63) is 4.91 Å². The van der Waals surface area contributed by atoms with Crippen LogP contribution >= 0.6 is 0 Å². The van der Waals surface area contributed by atoms with Crippen molar-refractivity contribution in [3.63, 3.8) is 0 Å². The first-order valence-corrected chi connectivity index (χ1v) is 6.62. The quantitative estimate of drug-likeness (QED) is 0.628. The lowest BCUT2D eigenvalue weighted by molar-refractivity contribution is 0.166. The summed E-state index contributed by atoms with van der Waals surface area (Å²) in [6.07, 6.45) is 10.4. The SMILES string of the molecule is CC1CCC(C2CCC(N=O)CC2)CC1. The number of nitroso groups, excluding NO2 is 1. The monoisotopic (exact) mass is 209 g/mol. The Morgan fingerprint density at radius 2 is 1.27 bits per heavy atom. The Labute approximate surface area is 92.8 Å². The molecule has 0 aromatic rings. The van der Waals surface area contributed by atoms with E-state index in [9.17, 15) is 4.91 Å². The lowest BCUT2D eigenvalue weighted by Gasteiger charge is -2.35. The molecular weight excluding hydrogens is 186 g/mol. The van der Waals surface area contributed by atoms with E-state index >= 15 is 0 Å². The molecule has 2 saturated carbocycles. The topological polar surface area (TPSA) is 29.4 Å².